The van der Waals surface area contributed by atoms with Gasteiger partial charge in [0, 0.05) is 17.8 Å². The molecule has 0 aromatic heterocycles. The second kappa shape index (κ2) is 8.38. The molecule has 3 unspecified atom stereocenters. The summed E-state index contributed by atoms with van der Waals surface area (Å²) in [6, 6.07) is 0. The first-order valence-electron chi connectivity index (χ1n) is 8.60. The van der Waals surface area contributed by atoms with E-state index in [1.165, 1.54) is 32.1 Å². The van der Waals surface area contributed by atoms with Gasteiger partial charge in [0.1, 0.15) is 0 Å². The molecule has 0 spiro atoms. The van der Waals surface area contributed by atoms with Crippen LogP contribution >= 0.6 is 23.2 Å². The minimum atomic E-state index is -0.173. The molecular weight excluding hydrogens is 305 g/mol. The van der Waals surface area contributed by atoms with Crippen LogP contribution in [0.3, 0.4) is 0 Å². The molecule has 21 heavy (non-hydrogen) atoms. The van der Waals surface area contributed by atoms with Crippen LogP contribution in [0.2, 0.25) is 0 Å². The SMILES string of the molecule is CN(C)C[C@H](C1CCC(Cl)C(Cl)C1)[C@H](O)C1CCCCC1. The summed E-state index contributed by atoms with van der Waals surface area (Å²) >= 11 is 12.7. The molecular formula is C17H31Cl2NO. The number of hydrogen-bond donors (Lipinski definition) is 1. The first kappa shape index (κ1) is 17.8. The van der Waals surface area contributed by atoms with Crippen LogP contribution in [0.5, 0.6) is 0 Å². The molecule has 2 nitrogen and oxygen atoms in total. The van der Waals surface area contributed by atoms with Crippen LogP contribution in [0.15, 0.2) is 0 Å². The summed E-state index contributed by atoms with van der Waals surface area (Å²) in [7, 11) is 4.21. The fraction of sp³-hybridized carbons (Fsp3) is 1.00. The number of nitrogens with zero attached hydrogens (tertiary/aromatic N) is 1. The summed E-state index contributed by atoms with van der Waals surface area (Å²) in [4.78, 5) is 2.22. The third-order valence-electron chi connectivity index (χ3n) is 5.49. The van der Waals surface area contributed by atoms with E-state index < -0.39 is 0 Å². The molecule has 0 radical (unpaired) electrons. The van der Waals surface area contributed by atoms with E-state index in [1.54, 1.807) is 0 Å². The summed E-state index contributed by atoms with van der Waals surface area (Å²) in [5.41, 5.74) is 0. The van der Waals surface area contributed by atoms with Gasteiger partial charge in [-0.3, -0.25) is 0 Å². The van der Waals surface area contributed by atoms with Crippen molar-refractivity contribution in [3.05, 3.63) is 0 Å². The Kier molecular flexibility index (Phi) is 7.12. The van der Waals surface area contributed by atoms with Crippen LogP contribution in [-0.2, 0) is 0 Å². The van der Waals surface area contributed by atoms with Crippen LogP contribution in [0.1, 0.15) is 51.4 Å². The topological polar surface area (TPSA) is 23.5 Å². The highest BCUT2D eigenvalue weighted by Crippen LogP contribution is 2.40. The fourth-order valence-electron chi connectivity index (χ4n) is 4.28. The van der Waals surface area contributed by atoms with Crippen molar-refractivity contribution >= 4 is 23.2 Å². The molecule has 0 aromatic rings. The number of rotatable bonds is 5. The van der Waals surface area contributed by atoms with E-state index >= 15 is 0 Å². The standard InChI is InChI=1S/C17H31Cl2NO/c1-20(2)11-14(13-8-9-15(18)16(19)10-13)17(21)12-6-4-3-5-7-12/h12-17,21H,3-11H2,1-2H3/t13?,14-,15?,16?,17-/m1/s1. The van der Waals surface area contributed by atoms with Crippen molar-refractivity contribution in [2.45, 2.75) is 68.2 Å². The Morgan fingerprint density at radius 2 is 1.62 bits per heavy atom. The minimum absolute atomic E-state index is 0.0636. The molecule has 0 aliphatic heterocycles. The number of aliphatic hydroxyl groups is 1. The van der Waals surface area contributed by atoms with Crippen molar-refractivity contribution in [3.63, 3.8) is 0 Å². The van der Waals surface area contributed by atoms with E-state index in [9.17, 15) is 5.11 Å². The molecule has 0 saturated heterocycles. The highest BCUT2D eigenvalue weighted by molar-refractivity contribution is 6.30. The molecule has 0 amide bonds. The summed E-state index contributed by atoms with van der Waals surface area (Å²) in [5.74, 6) is 1.35. The van der Waals surface area contributed by atoms with Crippen LogP contribution in [0, 0.1) is 17.8 Å². The third kappa shape index (κ3) is 4.99. The van der Waals surface area contributed by atoms with E-state index in [-0.39, 0.29) is 16.9 Å². The van der Waals surface area contributed by atoms with Gasteiger partial charge in [-0.2, -0.15) is 0 Å². The zero-order chi connectivity index (χ0) is 15.4. The van der Waals surface area contributed by atoms with E-state index in [0.29, 0.717) is 17.8 Å². The smallest absolute Gasteiger partial charge is 0.0611 e. The van der Waals surface area contributed by atoms with Crippen molar-refractivity contribution in [3.8, 4) is 0 Å². The van der Waals surface area contributed by atoms with E-state index in [2.05, 4.69) is 19.0 Å². The molecule has 124 valence electrons. The summed E-state index contributed by atoms with van der Waals surface area (Å²) in [5, 5.41) is 11.2. The molecule has 4 heteroatoms. The van der Waals surface area contributed by atoms with Gasteiger partial charge in [-0.15, -0.1) is 23.2 Å². The first-order chi connectivity index (χ1) is 9.99. The molecule has 1 N–H and O–H groups in total. The molecule has 5 atom stereocenters. The highest BCUT2D eigenvalue weighted by atomic mass is 35.5. The number of hydrogen-bond acceptors (Lipinski definition) is 2. The predicted octanol–water partition coefficient (Wildman–Crippen LogP) is 4.12. The lowest BCUT2D eigenvalue weighted by Crippen LogP contribution is -2.43. The zero-order valence-corrected chi connectivity index (χ0v) is 15.0. The van der Waals surface area contributed by atoms with Gasteiger partial charge >= 0.3 is 0 Å². The summed E-state index contributed by atoms with van der Waals surface area (Å²) < 4.78 is 0. The molecule has 2 rings (SSSR count). The second-order valence-corrected chi connectivity index (χ2v) is 8.54. The maximum absolute atomic E-state index is 11.0. The second-order valence-electron chi connectivity index (χ2n) is 7.42. The Balaban J connectivity index is 2.02. The van der Waals surface area contributed by atoms with Crippen molar-refractivity contribution in [1.29, 1.82) is 0 Å². The average molecular weight is 336 g/mol. The Morgan fingerprint density at radius 3 is 2.19 bits per heavy atom. The molecule has 0 bridgehead atoms. The average Bonchev–Trinajstić information content (AvgIpc) is 2.48. The van der Waals surface area contributed by atoms with Crippen molar-refractivity contribution in [1.82, 2.24) is 4.90 Å². The quantitative estimate of drug-likeness (QED) is 0.764. The Labute approximate surface area is 140 Å². The lowest BCUT2D eigenvalue weighted by Gasteiger charge is -2.41. The Hall–Kier alpha value is 0.500. The minimum Gasteiger partial charge on any atom is -0.392 e. The van der Waals surface area contributed by atoms with Crippen LogP contribution in [0.4, 0.5) is 0 Å². The van der Waals surface area contributed by atoms with Crippen molar-refractivity contribution in [2.75, 3.05) is 20.6 Å². The van der Waals surface area contributed by atoms with Gasteiger partial charge < -0.3 is 10.0 Å². The van der Waals surface area contributed by atoms with Crippen LogP contribution in [0.25, 0.3) is 0 Å². The van der Waals surface area contributed by atoms with Crippen molar-refractivity contribution < 1.29 is 5.11 Å². The zero-order valence-electron chi connectivity index (χ0n) is 13.5. The number of alkyl halides is 2. The molecule has 2 aliphatic rings. The highest BCUT2D eigenvalue weighted by Gasteiger charge is 2.38. The van der Waals surface area contributed by atoms with Gasteiger partial charge in [0.25, 0.3) is 0 Å². The molecule has 0 heterocycles. The van der Waals surface area contributed by atoms with E-state index in [1.807, 2.05) is 0 Å². The maximum atomic E-state index is 11.0. The van der Waals surface area contributed by atoms with Crippen LogP contribution < -0.4 is 0 Å². The predicted molar refractivity (Wildman–Crippen MR) is 91.2 cm³/mol. The van der Waals surface area contributed by atoms with E-state index in [0.717, 1.165) is 25.8 Å². The molecule has 0 aromatic carbocycles. The first-order valence-corrected chi connectivity index (χ1v) is 9.47. The molecule has 2 fully saturated rings. The van der Waals surface area contributed by atoms with Gasteiger partial charge in [0.2, 0.25) is 0 Å². The number of halogens is 2. The normalized spacial score (nSPS) is 34.9. The summed E-state index contributed by atoms with van der Waals surface area (Å²) in [6.45, 7) is 0.957. The molecule has 2 saturated carbocycles. The van der Waals surface area contributed by atoms with Gasteiger partial charge in [-0.05, 0) is 58.0 Å². The van der Waals surface area contributed by atoms with Crippen molar-refractivity contribution in [2.24, 2.45) is 17.8 Å². The van der Waals surface area contributed by atoms with Gasteiger partial charge in [-0.25, -0.2) is 0 Å². The van der Waals surface area contributed by atoms with Gasteiger partial charge in [-0.1, -0.05) is 19.3 Å². The lowest BCUT2D eigenvalue weighted by atomic mass is 9.71. The Bertz CT molecular complexity index is 305. The number of aliphatic hydroxyl groups excluding tert-OH is 1. The maximum Gasteiger partial charge on any atom is 0.0611 e. The lowest BCUT2D eigenvalue weighted by molar-refractivity contribution is -0.00892. The Morgan fingerprint density at radius 1 is 0.952 bits per heavy atom. The monoisotopic (exact) mass is 335 g/mol. The summed E-state index contributed by atoms with van der Waals surface area (Å²) in [6.07, 6.45) is 9.17. The molecule has 2 aliphatic carbocycles. The van der Waals surface area contributed by atoms with Gasteiger partial charge in [0.15, 0.2) is 0 Å². The third-order valence-corrected chi connectivity index (χ3v) is 6.62. The fourth-order valence-corrected chi connectivity index (χ4v) is 4.86. The van der Waals surface area contributed by atoms with Gasteiger partial charge in [0.05, 0.1) is 11.5 Å². The van der Waals surface area contributed by atoms with Crippen LogP contribution in [-0.4, -0.2) is 47.5 Å². The largest absolute Gasteiger partial charge is 0.392 e. The van der Waals surface area contributed by atoms with E-state index in [4.69, 9.17) is 23.2 Å².